The normalized spacial score (nSPS) is 20.1. The van der Waals surface area contributed by atoms with E-state index in [-0.39, 0.29) is 30.8 Å². The lowest BCUT2D eigenvalue weighted by Crippen LogP contribution is -2.55. The van der Waals surface area contributed by atoms with E-state index in [1.807, 2.05) is 6.92 Å². The molecule has 0 fully saturated rings. The fraction of sp³-hybridized carbons (Fsp3) is 0.538. The van der Waals surface area contributed by atoms with Crippen molar-refractivity contribution in [3.63, 3.8) is 0 Å². The number of halogens is 2. The third-order valence-electron chi connectivity index (χ3n) is 6.78. The predicted molar refractivity (Wildman–Crippen MR) is 133 cm³/mol. The lowest BCUT2D eigenvalue weighted by molar-refractivity contribution is -0.126. The van der Waals surface area contributed by atoms with Crippen LogP contribution in [0.4, 0.5) is 13.6 Å². The van der Waals surface area contributed by atoms with E-state index in [2.05, 4.69) is 15.2 Å². The number of carbonyl (C=O) groups is 3. The molecule has 4 rings (SSSR count). The van der Waals surface area contributed by atoms with Gasteiger partial charge in [-0.2, -0.15) is 13.9 Å². The third-order valence-corrected chi connectivity index (χ3v) is 6.78. The Balaban J connectivity index is 1.69. The van der Waals surface area contributed by atoms with Crippen LogP contribution in [0.3, 0.4) is 0 Å². The molecular weight excluding hydrogens is 500 g/mol. The van der Waals surface area contributed by atoms with Gasteiger partial charge in [0.05, 0.1) is 24.8 Å². The van der Waals surface area contributed by atoms with Gasteiger partial charge < -0.3 is 24.6 Å². The zero-order valence-corrected chi connectivity index (χ0v) is 22.3. The SMILES string of the molecule is CNC(=O)C1Cn2nc3c(c2C(=O)N1C(C)c1ccc(OC(F)F)cc1)CN(C(=O)OC(C)(C)C)[C@H](C)C3. The highest BCUT2D eigenvalue weighted by atomic mass is 19.3. The van der Waals surface area contributed by atoms with Crippen LogP contribution in [-0.4, -0.2) is 68.8 Å². The number of aromatic nitrogens is 2. The minimum Gasteiger partial charge on any atom is -0.444 e. The molecule has 3 atom stereocenters. The number of carbonyl (C=O) groups excluding carboxylic acids is 3. The lowest BCUT2D eigenvalue weighted by Gasteiger charge is -2.39. The molecule has 10 nitrogen and oxygen atoms in total. The summed E-state index contributed by atoms with van der Waals surface area (Å²) < 4.78 is 36.7. The Kier molecular flexibility index (Phi) is 7.35. The molecule has 2 aliphatic rings. The molecule has 2 aromatic rings. The van der Waals surface area contributed by atoms with Gasteiger partial charge >= 0.3 is 12.7 Å². The molecule has 0 aliphatic carbocycles. The second-order valence-corrected chi connectivity index (χ2v) is 10.6. The number of fused-ring (bicyclic) bond motifs is 3. The summed E-state index contributed by atoms with van der Waals surface area (Å²) in [6.45, 7) is 6.38. The molecule has 3 heterocycles. The van der Waals surface area contributed by atoms with Gasteiger partial charge in [-0.15, -0.1) is 0 Å². The maximum Gasteiger partial charge on any atom is 0.410 e. The fourth-order valence-corrected chi connectivity index (χ4v) is 4.96. The van der Waals surface area contributed by atoms with Crippen molar-refractivity contribution < 1.29 is 32.6 Å². The van der Waals surface area contributed by atoms with Crippen molar-refractivity contribution in [3.8, 4) is 5.75 Å². The van der Waals surface area contributed by atoms with Crippen LogP contribution in [-0.2, 0) is 29.0 Å². The molecule has 3 amide bonds. The molecule has 12 heteroatoms. The summed E-state index contributed by atoms with van der Waals surface area (Å²) >= 11 is 0. The van der Waals surface area contributed by atoms with Gasteiger partial charge in [-0.25, -0.2) is 4.79 Å². The Hall–Kier alpha value is -3.70. The number of amides is 3. The average Bonchev–Trinajstić information content (AvgIpc) is 3.18. The molecule has 0 spiro atoms. The number of benzene rings is 1. The summed E-state index contributed by atoms with van der Waals surface area (Å²) in [5, 5.41) is 7.27. The van der Waals surface area contributed by atoms with Crippen molar-refractivity contribution in [2.75, 3.05) is 7.05 Å². The van der Waals surface area contributed by atoms with Gasteiger partial charge in [-0.3, -0.25) is 14.3 Å². The Bertz CT molecular complexity index is 1220. The molecule has 2 aliphatic heterocycles. The third kappa shape index (κ3) is 5.30. The van der Waals surface area contributed by atoms with E-state index < -0.39 is 36.3 Å². The van der Waals surface area contributed by atoms with Gasteiger partial charge in [-0.05, 0) is 52.3 Å². The van der Waals surface area contributed by atoms with Crippen LogP contribution in [0.15, 0.2) is 24.3 Å². The zero-order chi connectivity index (χ0) is 27.9. The van der Waals surface area contributed by atoms with E-state index >= 15 is 0 Å². The molecular formula is C26H33F2N5O5. The molecule has 206 valence electrons. The van der Waals surface area contributed by atoms with Gasteiger partial charge in [0.2, 0.25) is 5.91 Å². The van der Waals surface area contributed by atoms with Gasteiger partial charge in [-0.1, -0.05) is 12.1 Å². The molecule has 0 saturated carbocycles. The number of ether oxygens (including phenoxy) is 2. The van der Waals surface area contributed by atoms with Crippen LogP contribution in [0.1, 0.15) is 68.0 Å². The van der Waals surface area contributed by atoms with Gasteiger partial charge in [0.1, 0.15) is 23.1 Å². The molecule has 1 aromatic heterocycles. The fourth-order valence-electron chi connectivity index (χ4n) is 4.96. The minimum absolute atomic E-state index is 0.00716. The first-order valence-corrected chi connectivity index (χ1v) is 12.5. The number of hydrogen-bond donors (Lipinski definition) is 1. The first kappa shape index (κ1) is 27.3. The highest BCUT2D eigenvalue weighted by Gasteiger charge is 2.44. The smallest absolute Gasteiger partial charge is 0.410 e. The number of nitrogens with one attached hydrogen (secondary N) is 1. The standard InChI is InChI=1S/C26H33F2N5O5/c1-14-11-19-18(12-31(14)25(36)38-26(3,4)5)21-23(35)33(20(22(34)29-6)13-32(21)30-19)15(2)16-7-9-17(10-8-16)37-24(27)28/h7-10,14-15,20,24H,11-13H2,1-6H3,(H,29,34)/t14-,15?,20?/m1/s1. The van der Waals surface area contributed by atoms with Crippen LogP contribution < -0.4 is 10.1 Å². The summed E-state index contributed by atoms with van der Waals surface area (Å²) in [6, 6.07) is 4.35. The van der Waals surface area contributed by atoms with Crippen LogP contribution in [0, 0.1) is 0 Å². The number of rotatable bonds is 5. The monoisotopic (exact) mass is 533 g/mol. The maximum atomic E-state index is 14.0. The topological polar surface area (TPSA) is 106 Å². The van der Waals surface area contributed by atoms with Crippen molar-refractivity contribution in [1.29, 1.82) is 0 Å². The van der Waals surface area contributed by atoms with Crippen LogP contribution >= 0.6 is 0 Å². The number of hydrogen-bond acceptors (Lipinski definition) is 6. The van der Waals surface area contributed by atoms with Gasteiger partial charge in [0, 0.05) is 25.1 Å². The molecule has 1 N–H and O–H groups in total. The summed E-state index contributed by atoms with van der Waals surface area (Å²) in [5.74, 6) is -0.768. The van der Waals surface area contributed by atoms with Crippen molar-refractivity contribution in [2.45, 2.75) is 84.5 Å². The first-order valence-electron chi connectivity index (χ1n) is 12.5. The maximum absolute atomic E-state index is 14.0. The molecule has 0 bridgehead atoms. The van der Waals surface area contributed by atoms with E-state index in [1.165, 1.54) is 24.1 Å². The van der Waals surface area contributed by atoms with E-state index in [1.54, 1.807) is 49.4 Å². The molecule has 1 aromatic carbocycles. The van der Waals surface area contributed by atoms with Crippen molar-refractivity contribution in [2.24, 2.45) is 0 Å². The largest absolute Gasteiger partial charge is 0.444 e. The highest BCUT2D eigenvalue weighted by molar-refractivity contribution is 5.99. The quantitative estimate of drug-likeness (QED) is 0.631. The second-order valence-electron chi connectivity index (χ2n) is 10.6. The zero-order valence-electron chi connectivity index (χ0n) is 22.3. The van der Waals surface area contributed by atoms with Crippen LogP contribution in [0.5, 0.6) is 5.75 Å². The number of likely N-dealkylation sites (N-methyl/N-ethyl adjacent to an activating group) is 1. The minimum atomic E-state index is -2.95. The summed E-state index contributed by atoms with van der Waals surface area (Å²) in [4.78, 5) is 42.9. The Morgan fingerprint density at radius 3 is 2.42 bits per heavy atom. The summed E-state index contributed by atoms with van der Waals surface area (Å²) in [6.07, 6.45) is -0.0355. The van der Waals surface area contributed by atoms with E-state index in [0.717, 1.165) is 0 Å². The average molecular weight is 534 g/mol. The lowest BCUT2D eigenvalue weighted by atomic mass is 9.96. The van der Waals surface area contributed by atoms with Crippen LogP contribution in [0.2, 0.25) is 0 Å². The summed E-state index contributed by atoms with van der Waals surface area (Å²) in [5.41, 5.74) is 1.63. The van der Waals surface area contributed by atoms with E-state index in [9.17, 15) is 23.2 Å². The van der Waals surface area contributed by atoms with Crippen molar-refractivity contribution in [3.05, 3.63) is 46.8 Å². The van der Waals surface area contributed by atoms with Crippen molar-refractivity contribution in [1.82, 2.24) is 24.9 Å². The van der Waals surface area contributed by atoms with E-state index in [0.29, 0.717) is 28.9 Å². The predicted octanol–water partition coefficient (Wildman–Crippen LogP) is 3.50. The molecule has 2 unspecified atom stereocenters. The molecule has 38 heavy (non-hydrogen) atoms. The number of alkyl halides is 2. The van der Waals surface area contributed by atoms with E-state index in [4.69, 9.17) is 4.74 Å². The van der Waals surface area contributed by atoms with Gasteiger partial charge in [0.25, 0.3) is 5.91 Å². The second kappa shape index (κ2) is 10.2. The first-order chi connectivity index (χ1) is 17.8. The number of nitrogens with zero attached hydrogens (tertiary/aromatic N) is 4. The highest BCUT2D eigenvalue weighted by Crippen LogP contribution is 2.35. The molecule has 0 saturated heterocycles. The van der Waals surface area contributed by atoms with Crippen molar-refractivity contribution >= 4 is 17.9 Å². The Morgan fingerprint density at radius 2 is 1.84 bits per heavy atom. The van der Waals surface area contributed by atoms with Gasteiger partial charge in [0.15, 0.2) is 0 Å². The Morgan fingerprint density at radius 1 is 1.18 bits per heavy atom. The molecule has 0 radical (unpaired) electrons. The summed E-state index contributed by atoms with van der Waals surface area (Å²) in [7, 11) is 1.50. The Labute approximate surface area is 219 Å². The van der Waals surface area contributed by atoms with Crippen LogP contribution in [0.25, 0.3) is 0 Å².